The van der Waals surface area contributed by atoms with E-state index in [2.05, 4.69) is 194 Å². The number of benzene rings is 9. The van der Waals surface area contributed by atoms with E-state index in [1.165, 1.54) is 33.4 Å². The molecule has 0 amide bonds. The molecule has 57 heavy (non-hydrogen) atoms. The van der Waals surface area contributed by atoms with Crippen LogP contribution in [-0.4, -0.2) is 0 Å². The molecule has 2 heteroatoms. The highest BCUT2D eigenvalue weighted by Gasteiger charge is 2.45. The Labute approximate surface area is 329 Å². The van der Waals surface area contributed by atoms with Crippen LogP contribution in [0.25, 0.3) is 88.4 Å². The fraction of sp³-hybridized carbons (Fsp3) is 0.0182. The van der Waals surface area contributed by atoms with Crippen molar-refractivity contribution in [1.82, 2.24) is 0 Å². The average molecular weight is 727 g/mol. The van der Waals surface area contributed by atoms with Crippen LogP contribution >= 0.6 is 0 Å². The van der Waals surface area contributed by atoms with Crippen LogP contribution in [0.1, 0.15) is 22.3 Å². The third kappa shape index (κ3) is 4.59. The smallest absolute Gasteiger partial charge is 0.143 e. The summed E-state index contributed by atoms with van der Waals surface area (Å²) in [6.07, 6.45) is 0. The normalized spacial score (nSPS) is 13.1. The van der Waals surface area contributed by atoms with Crippen molar-refractivity contribution in [3.05, 3.63) is 229 Å². The first-order chi connectivity index (χ1) is 28.3. The molecule has 0 fully saturated rings. The van der Waals surface area contributed by atoms with Gasteiger partial charge in [-0.3, -0.25) is 0 Å². The van der Waals surface area contributed by atoms with Crippen LogP contribution in [0.3, 0.4) is 0 Å². The number of furan rings is 2. The Kier molecular flexibility index (Phi) is 6.88. The Hall–Kier alpha value is -7.42. The minimum atomic E-state index is -0.522. The van der Waals surface area contributed by atoms with Gasteiger partial charge in [0.2, 0.25) is 0 Å². The van der Waals surface area contributed by atoms with Gasteiger partial charge in [-0.1, -0.05) is 200 Å². The van der Waals surface area contributed by atoms with Gasteiger partial charge in [-0.25, -0.2) is 0 Å². The summed E-state index contributed by atoms with van der Waals surface area (Å²) in [5.74, 6) is 0. The number of rotatable bonds is 5. The summed E-state index contributed by atoms with van der Waals surface area (Å²) < 4.78 is 13.3. The molecule has 0 unspecified atom stereocenters. The minimum Gasteiger partial charge on any atom is -0.455 e. The standard InChI is InChI=1S/C55H34O2/c1-2-13-35(14-3-1)40-18-11-22-47-48-23-12-20-42(54(48)57-53(40)47)37-29-33-39(34-30-37)55(49-24-7-4-15-43(49)44-16-5-8-25-50(44)55)38-31-27-36(28-32-38)41-19-10-21-46-45-17-6-9-26-51(45)56-52(41)46/h1-34H. The van der Waals surface area contributed by atoms with Crippen molar-refractivity contribution in [1.29, 1.82) is 0 Å². The number of fused-ring (bicyclic) bond motifs is 9. The Morgan fingerprint density at radius 3 is 1.19 bits per heavy atom. The van der Waals surface area contributed by atoms with E-state index in [1.54, 1.807) is 0 Å². The first-order valence-corrected chi connectivity index (χ1v) is 19.6. The summed E-state index contributed by atoms with van der Waals surface area (Å²) in [5, 5.41) is 4.53. The van der Waals surface area contributed by atoms with Gasteiger partial charge in [-0.05, 0) is 56.1 Å². The zero-order valence-corrected chi connectivity index (χ0v) is 30.9. The Morgan fingerprint density at radius 1 is 0.263 bits per heavy atom. The Morgan fingerprint density at radius 2 is 0.649 bits per heavy atom. The third-order valence-corrected chi connectivity index (χ3v) is 12.2. The molecule has 2 heterocycles. The topological polar surface area (TPSA) is 26.3 Å². The summed E-state index contributed by atoms with van der Waals surface area (Å²) >= 11 is 0. The lowest BCUT2D eigenvalue weighted by atomic mass is 9.67. The summed E-state index contributed by atoms with van der Waals surface area (Å²) in [6, 6.07) is 74.4. The molecule has 0 radical (unpaired) electrons. The van der Waals surface area contributed by atoms with Crippen LogP contribution in [0.15, 0.2) is 215 Å². The molecule has 0 atom stereocenters. The minimum absolute atomic E-state index is 0.522. The molecule has 1 aliphatic rings. The van der Waals surface area contributed by atoms with Crippen molar-refractivity contribution < 1.29 is 8.83 Å². The largest absolute Gasteiger partial charge is 0.455 e. The van der Waals surface area contributed by atoms with Crippen molar-refractivity contribution in [2.24, 2.45) is 0 Å². The Balaban J connectivity index is 1.02. The lowest BCUT2D eigenvalue weighted by molar-refractivity contribution is 0.670. The number of hydrogen-bond acceptors (Lipinski definition) is 2. The predicted octanol–water partition coefficient (Wildman–Crippen LogP) is 14.8. The molecule has 2 nitrogen and oxygen atoms in total. The van der Waals surface area contributed by atoms with Crippen LogP contribution in [0, 0.1) is 0 Å². The number of para-hydroxylation sites is 4. The van der Waals surface area contributed by atoms with Gasteiger partial charge in [0.25, 0.3) is 0 Å². The van der Waals surface area contributed by atoms with Crippen molar-refractivity contribution in [2.75, 3.05) is 0 Å². The van der Waals surface area contributed by atoms with Gasteiger partial charge >= 0.3 is 0 Å². The van der Waals surface area contributed by atoms with Crippen LogP contribution in [0.2, 0.25) is 0 Å². The molecule has 12 rings (SSSR count). The molecule has 0 spiro atoms. The summed E-state index contributed by atoms with van der Waals surface area (Å²) in [7, 11) is 0. The zero-order chi connectivity index (χ0) is 37.5. The van der Waals surface area contributed by atoms with Crippen LogP contribution in [0.4, 0.5) is 0 Å². The molecule has 0 aliphatic heterocycles. The molecule has 0 saturated carbocycles. The van der Waals surface area contributed by atoms with Gasteiger partial charge in [0.15, 0.2) is 0 Å². The molecule has 11 aromatic rings. The van der Waals surface area contributed by atoms with Gasteiger partial charge in [-0.15, -0.1) is 0 Å². The summed E-state index contributed by atoms with van der Waals surface area (Å²) in [6.45, 7) is 0. The van der Waals surface area contributed by atoms with E-state index in [-0.39, 0.29) is 0 Å². The van der Waals surface area contributed by atoms with E-state index in [4.69, 9.17) is 8.83 Å². The van der Waals surface area contributed by atoms with Crippen molar-refractivity contribution in [3.63, 3.8) is 0 Å². The lowest BCUT2D eigenvalue weighted by Gasteiger charge is -2.34. The van der Waals surface area contributed by atoms with E-state index in [9.17, 15) is 0 Å². The summed E-state index contributed by atoms with van der Waals surface area (Å²) in [5.41, 5.74) is 17.4. The van der Waals surface area contributed by atoms with Gasteiger partial charge in [-0.2, -0.15) is 0 Å². The van der Waals surface area contributed by atoms with Gasteiger partial charge in [0.05, 0.1) is 5.41 Å². The predicted molar refractivity (Wildman–Crippen MR) is 235 cm³/mol. The van der Waals surface area contributed by atoms with Crippen LogP contribution in [-0.2, 0) is 5.41 Å². The van der Waals surface area contributed by atoms with E-state index in [0.717, 1.165) is 77.3 Å². The van der Waals surface area contributed by atoms with Crippen LogP contribution < -0.4 is 0 Å². The molecular weight excluding hydrogens is 693 g/mol. The average Bonchev–Trinajstić information content (AvgIpc) is 3.96. The van der Waals surface area contributed by atoms with Gasteiger partial charge in [0, 0.05) is 38.2 Å². The first kappa shape index (κ1) is 31.9. The van der Waals surface area contributed by atoms with E-state index in [0.29, 0.717) is 0 Å². The second kappa shape index (κ2) is 12.3. The van der Waals surface area contributed by atoms with Crippen molar-refractivity contribution in [3.8, 4) is 44.5 Å². The molecule has 2 aromatic heterocycles. The quantitative estimate of drug-likeness (QED) is 0.176. The highest BCUT2D eigenvalue weighted by atomic mass is 16.3. The van der Waals surface area contributed by atoms with E-state index < -0.39 is 5.41 Å². The highest BCUT2D eigenvalue weighted by molar-refractivity contribution is 6.13. The maximum absolute atomic E-state index is 6.82. The SMILES string of the molecule is c1ccc(-c2cccc3c2oc2c(-c4ccc(C5(c6ccc(-c7cccc8c7oc7ccccc78)cc6)c6ccccc6-c6ccccc65)cc4)cccc23)cc1. The maximum atomic E-state index is 6.82. The van der Waals surface area contributed by atoms with Crippen molar-refractivity contribution in [2.45, 2.75) is 5.41 Å². The molecule has 0 bridgehead atoms. The lowest BCUT2D eigenvalue weighted by Crippen LogP contribution is -2.28. The molecule has 0 N–H and O–H groups in total. The second-order valence-corrected chi connectivity index (χ2v) is 15.1. The first-order valence-electron chi connectivity index (χ1n) is 19.6. The second-order valence-electron chi connectivity index (χ2n) is 15.1. The fourth-order valence-corrected chi connectivity index (χ4v) is 9.69. The monoisotopic (exact) mass is 726 g/mol. The van der Waals surface area contributed by atoms with Gasteiger partial charge in [0.1, 0.15) is 22.3 Å². The highest BCUT2D eigenvalue weighted by Crippen LogP contribution is 2.56. The molecule has 266 valence electrons. The van der Waals surface area contributed by atoms with Crippen molar-refractivity contribution >= 4 is 43.9 Å². The maximum Gasteiger partial charge on any atom is 0.143 e. The zero-order valence-electron chi connectivity index (χ0n) is 30.9. The molecule has 0 saturated heterocycles. The Bertz CT molecular complexity index is 3280. The molecular formula is C55H34O2. The molecule has 9 aromatic carbocycles. The number of hydrogen-bond donors (Lipinski definition) is 0. The van der Waals surface area contributed by atoms with E-state index in [1.807, 2.05) is 12.1 Å². The van der Waals surface area contributed by atoms with Crippen LogP contribution in [0.5, 0.6) is 0 Å². The third-order valence-electron chi connectivity index (χ3n) is 12.2. The fourth-order valence-electron chi connectivity index (χ4n) is 9.69. The molecule has 1 aliphatic carbocycles. The van der Waals surface area contributed by atoms with E-state index >= 15 is 0 Å². The summed E-state index contributed by atoms with van der Waals surface area (Å²) in [4.78, 5) is 0. The van der Waals surface area contributed by atoms with Gasteiger partial charge < -0.3 is 8.83 Å².